The van der Waals surface area contributed by atoms with Gasteiger partial charge in [-0.1, -0.05) is 29.8 Å². The highest BCUT2D eigenvalue weighted by Gasteiger charge is 2.28. The van der Waals surface area contributed by atoms with Crippen molar-refractivity contribution in [2.24, 2.45) is 0 Å². The van der Waals surface area contributed by atoms with Crippen LogP contribution in [0, 0.1) is 6.92 Å². The number of halogens is 1. The molecule has 3 aromatic rings. The van der Waals surface area contributed by atoms with E-state index in [1.807, 2.05) is 64.1 Å². The maximum Gasteiger partial charge on any atom is 0.410 e. The number of benzene rings is 2. The largest absolute Gasteiger partial charge is 0.495 e. The summed E-state index contributed by atoms with van der Waals surface area (Å²) in [5.74, 6) is 0.591. The molecule has 4 rings (SSSR count). The lowest BCUT2D eigenvalue weighted by Crippen LogP contribution is -2.41. The van der Waals surface area contributed by atoms with Crippen LogP contribution in [-0.4, -0.2) is 34.8 Å². The number of pyridine rings is 1. The predicted octanol–water partition coefficient (Wildman–Crippen LogP) is 5.77. The number of fused-ring (bicyclic) bond motifs is 1. The Kier molecular flexibility index (Phi) is 6.45. The molecule has 1 aliphatic heterocycles. The molecule has 34 heavy (non-hydrogen) atoms. The van der Waals surface area contributed by atoms with Crippen molar-refractivity contribution in [3.05, 3.63) is 80.7 Å². The first-order valence-electron chi connectivity index (χ1n) is 11.2. The topological polar surface area (TPSA) is 60.8 Å². The third kappa shape index (κ3) is 4.68. The third-order valence-electron chi connectivity index (χ3n) is 5.92. The van der Waals surface area contributed by atoms with Crippen molar-refractivity contribution < 1.29 is 14.3 Å². The summed E-state index contributed by atoms with van der Waals surface area (Å²) >= 11 is 6.36. The summed E-state index contributed by atoms with van der Waals surface area (Å²) in [6, 6.07) is 14.9. The van der Waals surface area contributed by atoms with Crippen molar-refractivity contribution in [2.75, 3.05) is 13.7 Å². The molecule has 0 spiro atoms. The van der Waals surface area contributed by atoms with Crippen LogP contribution in [0.1, 0.15) is 37.6 Å². The Balaban J connectivity index is 1.79. The van der Waals surface area contributed by atoms with Gasteiger partial charge in [0.2, 0.25) is 0 Å². The van der Waals surface area contributed by atoms with Gasteiger partial charge in [0.05, 0.1) is 19.3 Å². The maximum absolute atomic E-state index is 13.1. The van der Waals surface area contributed by atoms with Crippen LogP contribution >= 0.6 is 11.6 Å². The van der Waals surface area contributed by atoms with E-state index in [-0.39, 0.29) is 11.7 Å². The minimum Gasteiger partial charge on any atom is -0.495 e. The van der Waals surface area contributed by atoms with Crippen LogP contribution in [0.4, 0.5) is 4.79 Å². The van der Waals surface area contributed by atoms with Crippen molar-refractivity contribution in [1.82, 2.24) is 9.47 Å². The number of methoxy groups -OCH3 is 1. The van der Waals surface area contributed by atoms with Gasteiger partial charge in [0.1, 0.15) is 11.4 Å². The first-order chi connectivity index (χ1) is 16.1. The Morgan fingerprint density at radius 1 is 1.09 bits per heavy atom. The van der Waals surface area contributed by atoms with Gasteiger partial charge in [0.15, 0.2) is 0 Å². The van der Waals surface area contributed by atoms with E-state index in [9.17, 15) is 9.59 Å². The average Bonchev–Trinajstić information content (AvgIpc) is 2.79. The fourth-order valence-corrected chi connectivity index (χ4v) is 4.43. The van der Waals surface area contributed by atoms with E-state index >= 15 is 0 Å². The van der Waals surface area contributed by atoms with E-state index in [1.54, 1.807) is 22.6 Å². The minimum atomic E-state index is -0.567. The van der Waals surface area contributed by atoms with E-state index in [1.165, 1.54) is 6.07 Å². The number of ether oxygens (including phenoxy) is 2. The van der Waals surface area contributed by atoms with Crippen LogP contribution in [0.25, 0.3) is 16.8 Å². The normalized spacial score (nSPS) is 13.4. The van der Waals surface area contributed by atoms with Gasteiger partial charge in [-0.15, -0.1) is 0 Å². The number of aromatic nitrogens is 1. The molecule has 0 bridgehead atoms. The van der Waals surface area contributed by atoms with Crippen LogP contribution in [0.5, 0.6) is 5.75 Å². The molecule has 0 atom stereocenters. The highest BCUT2D eigenvalue weighted by Crippen LogP contribution is 2.34. The molecule has 0 fully saturated rings. The lowest BCUT2D eigenvalue weighted by Gasteiger charge is -2.32. The van der Waals surface area contributed by atoms with Crippen LogP contribution in [-0.2, 0) is 17.7 Å². The second kappa shape index (κ2) is 9.18. The van der Waals surface area contributed by atoms with Crippen molar-refractivity contribution in [3.63, 3.8) is 0 Å². The molecule has 0 saturated heterocycles. The molecular formula is C27H29ClN2O4. The van der Waals surface area contributed by atoms with Gasteiger partial charge in [-0.2, -0.15) is 0 Å². The lowest BCUT2D eigenvalue weighted by atomic mass is 9.99. The molecule has 0 unspecified atom stereocenters. The fraction of sp³-hybridized carbons (Fsp3) is 0.333. The first kappa shape index (κ1) is 23.9. The minimum absolute atomic E-state index is 0.150. The van der Waals surface area contributed by atoms with Crippen LogP contribution in [0.2, 0.25) is 5.02 Å². The van der Waals surface area contributed by atoms with E-state index in [4.69, 9.17) is 21.1 Å². The van der Waals surface area contributed by atoms with Gasteiger partial charge < -0.3 is 14.4 Å². The number of nitrogens with zero attached hydrogens (tertiary/aromatic N) is 2. The lowest BCUT2D eigenvalue weighted by molar-refractivity contribution is 0.0222. The van der Waals surface area contributed by atoms with E-state index < -0.39 is 5.60 Å². The molecule has 0 aliphatic carbocycles. The highest BCUT2D eigenvalue weighted by molar-refractivity contribution is 6.31. The number of carbonyl (C=O) groups is 1. The molecule has 1 aliphatic rings. The molecule has 178 valence electrons. The maximum atomic E-state index is 13.1. The molecule has 0 radical (unpaired) electrons. The van der Waals surface area contributed by atoms with E-state index in [0.29, 0.717) is 36.0 Å². The van der Waals surface area contributed by atoms with E-state index in [2.05, 4.69) is 0 Å². The SMILES string of the molecule is COc1ccc(-c2cccc(Cl)c2C)cc1-n1c2c(ccc1=O)CN(C(=O)OC(C)(C)C)CC2. The Morgan fingerprint density at radius 2 is 1.85 bits per heavy atom. The molecule has 1 amide bonds. The van der Waals surface area contributed by atoms with Crippen LogP contribution < -0.4 is 10.3 Å². The zero-order valence-electron chi connectivity index (χ0n) is 20.1. The molecule has 2 heterocycles. The van der Waals surface area contributed by atoms with Gasteiger partial charge in [-0.05, 0) is 74.2 Å². The molecule has 7 heteroatoms. The highest BCUT2D eigenvalue weighted by atomic mass is 35.5. The quantitative estimate of drug-likeness (QED) is 0.477. The molecular weight excluding hydrogens is 452 g/mol. The molecule has 2 aromatic carbocycles. The molecule has 6 nitrogen and oxygen atoms in total. The zero-order chi connectivity index (χ0) is 24.6. The smallest absolute Gasteiger partial charge is 0.410 e. The van der Waals surface area contributed by atoms with Gasteiger partial charge >= 0.3 is 6.09 Å². The second-order valence-electron chi connectivity index (χ2n) is 9.43. The van der Waals surface area contributed by atoms with Crippen LogP contribution in [0.15, 0.2) is 53.3 Å². The summed E-state index contributed by atoms with van der Waals surface area (Å²) in [5, 5.41) is 0.686. The van der Waals surface area contributed by atoms with E-state index in [0.717, 1.165) is 27.9 Å². The Bertz CT molecular complexity index is 1310. The van der Waals surface area contributed by atoms with Gasteiger partial charge in [-0.3, -0.25) is 9.36 Å². The van der Waals surface area contributed by atoms with Gasteiger partial charge in [0.25, 0.3) is 5.56 Å². The zero-order valence-corrected chi connectivity index (χ0v) is 20.9. The number of hydrogen-bond acceptors (Lipinski definition) is 4. The van der Waals surface area contributed by atoms with Crippen molar-refractivity contribution in [1.29, 1.82) is 0 Å². The Morgan fingerprint density at radius 3 is 2.56 bits per heavy atom. The standard InChI is InChI=1S/C27H29ClN2O4/c1-17-20(7-6-8-21(17)28)18-9-11-24(33-5)23(15-18)30-22-13-14-29(26(32)34-27(2,3)4)16-19(22)10-12-25(30)31/h6-12,15H,13-14,16H2,1-5H3. The average molecular weight is 481 g/mol. The van der Waals surface area contributed by atoms with Crippen molar-refractivity contribution >= 4 is 17.7 Å². The second-order valence-corrected chi connectivity index (χ2v) is 9.84. The summed E-state index contributed by atoms with van der Waals surface area (Å²) in [7, 11) is 1.59. The number of carbonyl (C=O) groups excluding carboxylic acids is 1. The Labute approximate surface area is 204 Å². The third-order valence-corrected chi connectivity index (χ3v) is 6.33. The van der Waals surface area contributed by atoms with Gasteiger partial charge in [0, 0.05) is 29.7 Å². The first-order valence-corrected chi connectivity index (χ1v) is 11.6. The number of amides is 1. The fourth-order valence-electron chi connectivity index (χ4n) is 4.26. The molecule has 1 aromatic heterocycles. The Hall–Kier alpha value is -3.25. The summed E-state index contributed by atoms with van der Waals surface area (Å²) in [6.07, 6.45) is 0.167. The van der Waals surface area contributed by atoms with Crippen molar-refractivity contribution in [2.45, 2.75) is 46.3 Å². The van der Waals surface area contributed by atoms with Gasteiger partial charge in [-0.25, -0.2) is 4.79 Å². The predicted molar refractivity (Wildman–Crippen MR) is 134 cm³/mol. The summed E-state index contributed by atoms with van der Waals surface area (Å²) in [4.78, 5) is 27.4. The number of hydrogen-bond donors (Lipinski definition) is 0. The van der Waals surface area contributed by atoms with Crippen molar-refractivity contribution in [3.8, 4) is 22.6 Å². The summed E-state index contributed by atoms with van der Waals surface area (Å²) in [5.41, 5.74) is 4.61. The molecule has 0 N–H and O–H groups in total. The summed E-state index contributed by atoms with van der Waals surface area (Å²) in [6.45, 7) is 8.36. The number of rotatable bonds is 3. The van der Waals surface area contributed by atoms with Crippen LogP contribution in [0.3, 0.4) is 0 Å². The summed E-state index contributed by atoms with van der Waals surface area (Å²) < 4.78 is 12.9. The molecule has 0 saturated carbocycles. The monoisotopic (exact) mass is 480 g/mol.